The van der Waals surface area contributed by atoms with Gasteiger partial charge in [0.25, 0.3) is 5.91 Å². The van der Waals surface area contributed by atoms with E-state index in [0.717, 1.165) is 17.8 Å². The van der Waals surface area contributed by atoms with E-state index < -0.39 is 0 Å². The average molecular weight is 336 g/mol. The Morgan fingerprint density at radius 2 is 2.39 bits per heavy atom. The van der Waals surface area contributed by atoms with Crippen LogP contribution in [0.5, 0.6) is 0 Å². The zero-order valence-electron chi connectivity index (χ0n) is 13.5. The summed E-state index contributed by atoms with van der Waals surface area (Å²) in [6.45, 7) is 6.94. The maximum absolute atomic E-state index is 12.8. The molecule has 0 bridgehead atoms. The van der Waals surface area contributed by atoms with Crippen LogP contribution in [0.4, 0.5) is 0 Å². The lowest BCUT2D eigenvalue weighted by Gasteiger charge is -2.21. The van der Waals surface area contributed by atoms with Gasteiger partial charge < -0.3 is 14.2 Å². The molecule has 0 radical (unpaired) electrons. The van der Waals surface area contributed by atoms with Crippen molar-refractivity contribution in [3.63, 3.8) is 0 Å². The van der Waals surface area contributed by atoms with Crippen LogP contribution in [-0.4, -0.2) is 39.1 Å². The number of thiazole rings is 1. The van der Waals surface area contributed by atoms with Crippen LogP contribution in [0.3, 0.4) is 0 Å². The first kappa shape index (κ1) is 16.1. The molecule has 1 aliphatic heterocycles. The number of hydrogen-bond donors (Lipinski definition) is 0. The first-order valence-corrected chi connectivity index (χ1v) is 8.66. The number of rotatable bonds is 5. The highest BCUT2D eigenvalue weighted by Gasteiger charge is 2.34. The van der Waals surface area contributed by atoms with E-state index in [1.165, 1.54) is 11.3 Å². The highest BCUT2D eigenvalue weighted by Crippen LogP contribution is 2.32. The molecule has 0 unspecified atom stereocenters. The molecule has 3 rings (SSSR count). The normalized spacial score (nSPS) is 19.3. The van der Waals surface area contributed by atoms with Gasteiger partial charge in [0.05, 0.1) is 6.04 Å². The van der Waals surface area contributed by atoms with E-state index in [2.05, 4.69) is 15.1 Å². The molecule has 1 aliphatic rings. The number of aromatic nitrogens is 3. The molecule has 0 spiro atoms. The Bertz CT molecular complexity index is 684. The second-order valence-corrected chi connectivity index (χ2v) is 6.39. The van der Waals surface area contributed by atoms with Crippen molar-refractivity contribution in [3.8, 4) is 0 Å². The van der Waals surface area contributed by atoms with Crippen LogP contribution in [0.2, 0.25) is 0 Å². The van der Waals surface area contributed by atoms with E-state index in [1.54, 1.807) is 17.2 Å². The topological polar surface area (TPSA) is 81.4 Å². The Hall–Kier alpha value is -1.80. The summed E-state index contributed by atoms with van der Waals surface area (Å²) in [5, 5.41) is 6.58. The lowest BCUT2D eigenvalue weighted by Crippen LogP contribution is -2.31. The van der Waals surface area contributed by atoms with Gasteiger partial charge in [-0.3, -0.25) is 4.79 Å². The molecule has 7 nitrogen and oxygen atoms in total. The number of carbonyl (C=O) groups is 1. The first-order valence-electron chi connectivity index (χ1n) is 7.78. The number of ether oxygens (including phenoxy) is 1. The maximum Gasteiger partial charge on any atom is 0.273 e. The molecule has 0 saturated carbocycles. The molecule has 124 valence electrons. The second-order valence-electron chi connectivity index (χ2n) is 5.50. The molecule has 1 fully saturated rings. The van der Waals surface area contributed by atoms with Crippen molar-refractivity contribution >= 4 is 17.2 Å². The van der Waals surface area contributed by atoms with Crippen molar-refractivity contribution < 1.29 is 14.1 Å². The van der Waals surface area contributed by atoms with Crippen LogP contribution < -0.4 is 0 Å². The Morgan fingerprint density at radius 3 is 3.09 bits per heavy atom. The SMILES string of the molecule is CCO[C@H](C)c1nc(C(=O)N2CCC[C@H]2c2noc(C)n2)cs1. The van der Waals surface area contributed by atoms with Gasteiger partial charge in [-0.15, -0.1) is 11.3 Å². The fraction of sp³-hybridized carbons (Fsp3) is 0.600. The lowest BCUT2D eigenvalue weighted by atomic mass is 10.2. The third-order valence-corrected chi connectivity index (χ3v) is 4.87. The molecule has 0 N–H and O–H groups in total. The lowest BCUT2D eigenvalue weighted by molar-refractivity contribution is 0.0711. The van der Waals surface area contributed by atoms with Crippen molar-refractivity contribution in [2.75, 3.05) is 13.2 Å². The Balaban J connectivity index is 1.77. The van der Waals surface area contributed by atoms with E-state index in [0.29, 0.717) is 30.6 Å². The smallest absolute Gasteiger partial charge is 0.273 e. The Morgan fingerprint density at radius 1 is 1.57 bits per heavy atom. The van der Waals surface area contributed by atoms with Gasteiger partial charge in [0.15, 0.2) is 5.82 Å². The predicted molar refractivity (Wildman–Crippen MR) is 84.2 cm³/mol. The summed E-state index contributed by atoms with van der Waals surface area (Å²) in [4.78, 5) is 23.3. The highest BCUT2D eigenvalue weighted by molar-refractivity contribution is 7.09. The Labute approximate surface area is 138 Å². The van der Waals surface area contributed by atoms with Gasteiger partial charge in [0.1, 0.15) is 16.8 Å². The molecule has 2 aromatic heterocycles. The molecule has 8 heteroatoms. The summed E-state index contributed by atoms with van der Waals surface area (Å²) in [6.07, 6.45) is 1.67. The van der Waals surface area contributed by atoms with Crippen molar-refractivity contribution in [1.82, 2.24) is 20.0 Å². The number of nitrogens with zero attached hydrogens (tertiary/aromatic N) is 4. The van der Waals surface area contributed by atoms with Crippen molar-refractivity contribution in [2.24, 2.45) is 0 Å². The van der Waals surface area contributed by atoms with Gasteiger partial charge in [-0.1, -0.05) is 5.16 Å². The minimum atomic E-state index is -0.130. The van der Waals surface area contributed by atoms with Gasteiger partial charge in [0.2, 0.25) is 5.89 Å². The fourth-order valence-corrected chi connectivity index (χ4v) is 3.57. The average Bonchev–Trinajstić information content (AvgIpc) is 3.26. The third kappa shape index (κ3) is 3.28. The monoisotopic (exact) mass is 336 g/mol. The summed E-state index contributed by atoms with van der Waals surface area (Å²) in [6, 6.07) is -0.130. The van der Waals surface area contributed by atoms with E-state index in [4.69, 9.17) is 9.26 Å². The first-order chi connectivity index (χ1) is 11.1. The summed E-state index contributed by atoms with van der Waals surface area (Å²) in [5.74, 6) is 1.01. The number of amides is 1. The second kappa shape index (κ2) is 6.76. The molecular formula is C15H20N4O3S. The standard InChI is InChI=1S/C15H20N4O3S/c1-4-21-9(2)14-17-11(8-23-14)15(20)19-7-5-6-12(19)13-16-10(3)22-18-13/h8-9,12H,4-7H2,1-3H3/t9-,12+/m1/s1. The van der Waals surface area contributed by atoms with Crippen molar-refractivity contribution in [3.05, 3.63) is 27.8 Å². The van der Waals surface area contributed by atoms with Crippen LogP contribution >= 0.6 is 11.3 Å². The quantitative estimate of drug-likeness (QED) is 0.835. The maximum atomic E-state index is 12.8. The number of likely N-dealkylation sites (tertiary alicyclic amines) is 1. The number of hydrogen-bond acceptors (Lipinski definition) is 7. The van der Waals surface area contributed by atoms with Crippen LogP contribution in [0.1, 0.15) is 66.0 Å². The zero-order chi connectivity index (χ0) is 16.4. The summed E-state index contributed by atoms with van der Waals surface area (Å²) >= 11 is 1.45. The molecule has 2 atom stereocenters. The Kier molecular flexibility index (Phi) is 4.72. The molecule has 1 saturated heterocycles. The van der Waals surface area contributed by atoms with E-state index in [1.807, 2.05) is 13.8 Å². The minimum Gasteiger partial charge on any atom is -0.372 e. The number of aryl methyl sites for hydroxylation is 1. The third-order valence-electron chi connectivity index (χ3n) is 3.86. The van der Waals surface area contributed by atoms with Crippen LogP contribution in [0.15, 0.2) is 9.90 Å². The fourth-order valence-electron chi connectivity index (χ4n) is 2.77. The van der Waals surface area contributed by atoms with E-state index in [9.17, 15) is 4.79 Å². The van der Waals surface area contributed by atoms with Gasteiger partial charge >= 0.3 is 0 Å². The molecule has 23 heavy (non-hydrogen) atoms. The van der Waals surface area contributed by atoms with Crippen molar-refractivity contribution in [2.45, 2.75) is 45.8 Å². The van der Waals surface area contributed by atoms with E-state index >= 15 is 0 Å². The van der Waals surface area contributed by atoms with Crippen molar-refractivity contribution in [1.29, 1.82) is 0 Å². The highest BCUT2D eigenvalue weighted by atomic mass is 32.1. The molecule has 0 aliphatic carbocycles. The van der Waals surface area contributed by atoms with Gasteiger partial charge in [-0.2, -0.15) is 4.98 Å². The summed E-state index contributed by atoms with van der Waals surface area (Å²) in [5.41, 5.74) is 0.462. The molecule has 1 amide bonds. The molecular weight excluding hydrogens is 316 g/mol. The molecule has 2 aromatic rings. The predicted octanol–water partition coefficient (Wildman–Crippen LogP) is 2.91. The van der Waals surface area contributed by atoms with E-state index in [-0.39, 0.29) is 18.1 Å². The largest absolute Gasteiger partial charge is 0.372 e. The van der Waals surface area contributed by atoms with Crippen LogP contribution in [0.25, 0.3) is 0 Å². The van der Waals surface area contributed by atoms with Crippen LogP contribution in [0, 0.1) is 6.92 Å². The summed E-state index contributed by atoms with van der Waals surface area (Å²) < 4.78 is 10.6. The zero-order valence-corrected chi connectivity index (χ0v) is 14.3. The molecule has 0 aromatic carbocycles. The number of carbonyl (C=O) groups excluding carboxylic acids is 1. The summed E-state index contributed by atoms with van der Waals surface area (Å²) in [7, 11) is 0. The van der Waals surface area contributed by atoms with Gasteiger partial charge in [-0.05, 0) is 26.7 Å². The molecule has 3 heterocycles. The van der Waals surface area contributed by atoms with Crippen LogP contribution in [-0.2, 0) is 4.74 Å². The minimum absolute atomic E-state index is 0.0823. The van der Waals surface area contributed by atoms with Gasteiger partial charge in [-0.25, -0.2) is 4.98 Å². The van der Waals surface area contributed by atoms with Gasteiger partial charge in [0, 0.05) is 25.5 Å².